The first-order valence-corrected chi connectivity index (χ1v) is 7.42. The highest BCUT2D eigenvalue weighted by Crippen LogP contribution is 2.43. The molecule has 1 fully saturated rings. The molecule has 4 atom stereocenters. The molecule has 0 aromatic heterocycles. The molecule has 1 aliphatic carbocycles. The van der Waals surface area contributed by atoms with Crippen LogP contribution < -0.4 is 11.1 Å². The van der Waals surface area contributed by atoms with Crippen molar-refractivity contribution in [3.8, 4) is 0 Å². The van der Waals surface area contributed by atoms with Crippen molar-refractivity contribution < 1.29 is 14.3 Å². The van der Waals surface area contributed by atoms with Gasteiger partial charge in [0.15, 0.2) is 0 Å². The molecule has 1 rings (SSSR count). The van der Waals surface area contributed by atoms with Crippen LogP contribution in [-0.4, -0.2) is 31.1 Å². The Balaban J connectivity index is 2.59. The number of methoxy groups -OCH3 is 1. The number of ether oxygens (including phenoxy) is 1. The summed E-state index contributed by atoms with van der Waals surface area (Å²) in [4.78, 5) is 23.2. The monoisotopic (exact) mass is 284 g/mol. The van der Waals surface area contributed by atoms with Crippen molar-refractivity contribution in [2.75, 3.05) is 7.11 Å². The van der Waals surface area contributed by atoms with E-state index in [9.17, 15) is 9.59 Å². The van der Waals surface area contributed by atoms with E-state index in [0.29, 0.717) is 12.3 Å². The molecule has 116 valence electrons. The predicted octanol–water partition coefficient (Wildman–Crippen LogP) is 1.60. The SMILES string of the molecule is COC(=O)C1(CCC(C)C(C)NC(C)=O)CCC(N)C1. The molecule has 5 heteroatoms. The van der Waals surface area contributed by atoms with Crippen molar-refractivity contribution in [1.29, 1.82) is 0 Å². The molecule has 1 amide bonds. The molecule has 4 unspecified atom stereocenters. The maximum absolute atomic E-state index is 12.1. The average Bonchev–Trinajstić information content (AvgIpc) is 2.77. The Hall–Kier alpha value is -1.10. The topological polar surface area (TPSA) is 81.4 Å². The van der Waals surface area contributed by atoms with Crippen LogP contribution in [0.4, 0.5) is 0 Å². The fourth-order valence-electron chi connectivity index (χ4n) is 3.12. The molecular weight excluding hydrogens is 256 g/mol. The van der Waals surface area contributed by atoms with Crippen LogP contribution in [0.2, 0.25) is 0 Å². The first-order valence-electron chi connectivity index (χ1n) is 7.42. The van der Waals surface area contributed by atoms with Gasteiger partial charge in [0.25, 0.3) is 0 Å². The number of carbonyl (C=O) groups is 2. The summed E-state index contributed by atoms with van der Waals surface area (Å²) in [6, 6.07) is 0.203. The number of nitrogens with two attached hydrogens (primary N) is 1. The van der Waals surface area contributed by atoms with Crippen LogP contribution in [-0.2, 0) is 14.3 Å². The number of esters is 1. The Labute approximate surface area is 121 Å². The highest BCUT2D eigenvalue weighted by Gasteiger charge is 2.45. The van der Waals surface area contributed by atoms with E-state index in [0.717, 1.165) is 25.7 Å². The van der Waals surface area contributed by atoms with E-state index < -0.39 is 5.41 Å². The third-order valence-electron chi connectivity index (χ3n) is 4.63. The van der Waals surface area contributed by atoms with Crippen molar-refractivity contribution in [3.05, 3.63) is 0 Å². The van der Waals surface area contributed by atoms with E-state index in [2.05, 4.69) is 12.2 Å². The Kier molecular flexibility index (Phi) is 5.99. The van der Waals surface area contributed by atoms with Crippen LogP contribution in [0.25, 0.3) is 0 Å². The zero-order chi connectivity index (χ0) is 15.3. The summed E-state index contributed by atoms with van der Waals surface area (Å²) in [5.41, 5.74) is 5.55. The number of hydrogen-bond donors (Lipinski definition) is 2. The van der Waals surface area contributed by atoms with E-state index >= 15 is 0 Å². The summed E-state index contributed by atoms with van der Waals surface area (Å²) in [5.74, 6) is 0.164. The standard InChI is InChI=1S/C15H28N2O3/c1-10(11(2)17-12(3)18)5-7-15(14(19)20-4)8-6-13(16)9-15/h10-11,13H,5-9,16H2,1-4H3,(H,17,18). The molecular formula is C15H28N2O3. The third-order valence-corrected chi connectivity index (χ3v) is 4.63. The van der Waals surface area contributed by atoms with Crippen molar-refractivity contribution in [2.45, 2.75) is 65.0 Å². The van der Waals surface area contributed by atoms with Gasteiger partial charge in [-0.15, -0.1) is 0 Å². The van der Waals surface area contributed by atoms with Crippen molar-refractivity contribution in [2.24, 2.45) is 17.1 Å². The maximum Gasteiger partial charge on any atom is 0.311 e. The molecule has 1 aliphatic rings. The van der Waals surface area contributed by atoms with Gasteiger partial charge in [-0.1, -0.05) is 6.92 Å². The van der Waals surface area contributed by atoms with Crippen LogP contribution in [0.5, 0.6) is 0 Å². The molecule has 0 aliphatic heterocycles. The van der Waals surface area contributed by atoms with Gasteiger partial charge in [-0.3, -0.25) is 9.59 Å². The van der Waals surface area contributed by atoms with Gasteiger partial charge in [0.2, 0.25) is 5.91 Å². The number of amides is 1. The van der Waals surface area contributed by atoms with Gasteiger partial charge in [-0.05, 0) is 44.9 Å². The summed E-state index contributed by atoms with van der Waals surface area (Å²) in [6.45, 7) is 5.62. The van der Waals surface area contributed by atoms with Gasteiger partial charge in [0.05, 0.1) is 12.5 Å². The van der Waals surface area contributed by atoms with Crippen LogP contribution in [0, 0.1) is 11.3 Å². The minimum atomic E-state index is -0.418. The summed E-state index contributed by atoms with van der Waals surface area (Å²) >= 11 is 0. The second-order valence-corrected chi connectivity index (χ2v) is 6.28. The second kappa shape index (κ2) is 7.07. The quantitative estimate of drug-likeness (QED) is 0.726. The minimum absolute atomic E-state index is 0.0186. The molecule has 0 aromatic carbocycles. The lowest BCUT2D eigenvalue weighted by atomic mass is 9.78. The van der Waals surface area contributed by atoms with Gasteiger partial charge in [0.1, 0.15) is 0 Å². The van der Waals surface area contributed by atoms with Gasteiger partial charge in [0, 0.05) is 19.0 Å². The molecule has 0 radical (unpaired) electrons. The van der Waals surface area contributed by atoms with Crippen LogP contribution in [0.15, 0.2) is 0 Å². The van der Waals surface area contributed by atoms with Crippen LogP contribution in [0.1, 0.15) is 52.9 Å². The molecule has 0 bridgehead atoms. The molecule has 1 saturated carbocycles. The molecule has 0 spiro atoms. The Morgan fingerprint density at radius 2 is 2.10 bits per heavy atom. The van der Waals surface area contributed by atoms with Gasteiger partial charge < -0.3 is 15.8 Å². The fraction of sp³-hybridized carbons (Fsp3) is 0.867. The third kappa shape index (κ3) is 4.20. The average molecular weight is 284 g/mol. The summed E-state index contributed by atoms with van der Waals surface area (Å²) < 4.78 is 4.98. The molecule has 0 saturated heterocycles. The van der Waals surface area contributed by atoms with Crippen molar-refractivity contribution in [3.63, 3.8) is 0 Å². The van der Waals surface area contributed by atoms with Crippen molar-refractivity contribution >= 4 is 11.9 Å². The van der Waals surface area contributed by atoms with Gasteiger partial charge in [-0.2, -0.15) is 0 Å². The van der Waals surface area contributed by atoms with Crippen LogP contribution >= 0.6 is 0 Å². The summed E-state index contributed by atoms with van der Waals surface area (Å²) in [5, 5.41) is 2.90. The van der Waals surface area contributed by atoms with E-state index in [4.69, 9.17) is 10.5 Å². The molecule has 3 N–H and O–H groups in total. The molecule has 0 heterocycles. The number of hydrogen-bond acceptors (Lipinski definition) is 4. The predicted molar refractivity (Wildman–Crippen MR) is 78.0 cm³/mol. The van der Waals surface area contributed by atoms with E-state index in [-0.39, 0.29) is 24.0 Å². The largest absolute Gasteiger partial charge is 0.469 e. The summed E-state index contributed by atoms with van der Waals surface area (Å²) in [7, 11) is 1.44. The molecule has 5 nitrogen and oxygen atoms in total. The van der Waals surface area contributed by atoms with E-state index in [1.807, 2.05) is 6.92 Å². The van der Waals surface area contributed by atoms with E-state index in [1.54, 1.807) is 0 Å². The fourth-order valence-corrected chi connectivity index (χ4v) is 3.12. The number of nitrogens with one attached hydrogen (secondary N) is 1. The minimum Gasteiger partial charge on any atom is -0.469 e. The number of carbonyl (C=O) groups excluding carboxylic acids is 2. The highest BCUT2D eigenvalue weighted by atomic mass is 16.5. The lowest BCUT2D eigenvalue weighted by Gasteiger charge is -2.29. The summed E-state index contributed by atoms with van der Waals surface area (Å²) in [6.07, 6.45) is 4.05. The Bertz CT molecular complexity index is 359. The second-order valence-electron chi connectivity index (χ2n) is 6.28. The number of rotatable bonds is 6. The first-order chi connectivity index (χ1) is 9.30. The Morgan fingerprint density at radius 1 is 1.45 bits per heavy atom. The zero-order valence-electron chi connectivity index (χ0n) is 13.1. The lowest BCUT2D eigenvalue weighted by molar-refractivity contribution is -0.153. The molecule has 0 aromatic rings. The van der Waals surface area contributed by atoms with Gasteiger partial charge in [-0.25, -0.2) is 0 Å². The Morgan fingerprint density at radius 3 is 2.55 bits per heavy atom. The normalized spacial score (nSPS) is 28.8. The van der Waals surface area contributed by atoms with Crippen molar-refractivity contribution in [1.82, 2.24) is 5.32 Å². The highest BCUT2D eigenvalue weighted by molar-refractivity contribution is 5.77. The lowest BCUT2D eigenvalue weighted by Crippen LogP contribution is -2.37. The molecule has 20 heavy (non-hydrogen) atoms. The first kappa shape index (κ1) is 17.0. The van der Waals surface area contributed by atoms with Crippen LogP contribution in [0.3, 0.4) is 0 Å². The maximum atomic E-state index is 12.1. The van der Waals surface area contributed by atoms with E-state index in [1.165, 1.54) is 14.0 Å². The van der Waals surface area contributed by atoms with Gasteiger partial charge >= 0.3 is 5.97 Å². The smallest absolute Gasteiger partial charge is 0.311 e. The zero-order valence-corrected chi connectivity index (χ0v) is 13.1.